The first-order chi connectivity index (χ1) is 6.93. The van der Waals surface area contributed by atoms with Gasteiger partial charge >= 0.3 is 0 Å². The maximum Gasteiger partial charge on any atom is -0.00183 e. The van der Waals surface area contributed by atoms with E-state index >= 15 is 0 Å². The van der Waals surface area contributed by atoms with Gasteiger partial charge in [-0.15, -0.1) is 0 Å². The summed E-state index contributed by atoms with van der Waals surface area (Å²) >= 11 is 0. The normalized spacial score (nSPS) is 23.8. The molecular weight excluding hydrogens is 170 g/mol. The Hall–Kier alpha value is -0.0400. The summed E-state index contributed by atoms with van der Waals surface area (Å²) in [5, 5.41) is 0. The van der Waals surface area contributed by atoms with Crippen LogP contribution in [-0.4, -0.2) is 24.5 Å². The SMILES string of the molecule is [CH2]CN1CCCCCCCCCCC1. The summed E-state index contributed by atoms with van der Waals surface area (Å²) in [5.74, 6) is 0. The highest BCUT2D eigenvalue weighted by atomic mass is 15.1. The molecule has 0 bridgehead atoms. The molecule has 83 valence electrons. The van der Waals surface area contributed by atoms with E-state index in [4.69, 9.17) is 0 Å². The van der Waals surface area contributed by atoms with Gasteiger partial charge in [-0.05, 0) is 39.4 Å². The van der Waals surface area contributed by atoms with Gasteiger partial charge in [0, 0.05) is 0 Å². The largest absolute Gasteiger partial charge is 0.303 e. The van der Waals surface area contributed by atoms with E-state index in [-0.39, 0.29) is 0 Å². The molecule has 0 N–H and O–H groups in total. The summed E-state index contributed by atoms with van der Waals surface area (Å²) in [6.45, 7) is 7.57. The van der Waals surface area contributed by atoms with E-state index in [9.17, 15) is 0 Å². The van der Waals surface area contributed by atoms with Crippen molar-refractivity contribution in [2.75, 3.05) is 19.6 Å². The van der Waals surface area contributed by atoms with Crippen LogP contribution in [0, 0.1) is 6.92 Å². The van der Waals surface area contributed by atoms with Crippen molar-refractivity contribution in [2.45, 2.75) is 57.8 Å². The van der Waals surface area contributed by atoms with Crippen LogP contribution in [0.15, 0.2) is 0 Å². The molecule has 1 heteroatoms. The summed E-state index contributed by atoms with van der Waals surface area (Å²) in [6, 6.07) is 0. The predicted molar refractivity (Wildman–Crippen MR) is 63.4 cm³/mol. The van der Waals surface area contributed by atoms with Crippen LogP contribution in [0.5, 0.6) is 0 Å². The Labute approximate surface area is 89.9 Å². The van der Waals surface area contributed by atoms with Crippen molar-refractivity contribution in [3.63, 3.8) is 0 Å². The van der Waals surface area contributed by atoms with E-state index in [2.05, 4.69) is 11.8 Å². The molecule has 0 aromatic carbocycles. The van der Waals surface area contributed by atoms with Crippen LogP contribution >= 0.6 is 0 Å². The maximum atomic E-state index is 4.00. The monoisotopic (exact) mass is 196 g/mol. The zero-order valence-corrected chi connectivity index (χ0v) is 9.64. The molecule has 1 radical (unpaired) electrons. The fourth-order valence-electron chi connectivity index (χ4n) is 2.24. The van der Waals surface area contributed by atoms with E-state index < -0.39 is 0 Å². The zero-order chi connectivity index (χ0) is 10.1. The second kappa shape index (κ2) is 8.28. The minimum atomic E-state index is 1.00. The molecule has 1 saturated heterocycles. The van der Waals surface area contributed by atoms with Crippen molar-refractivity contribution < 1.29 is 0 Å². The molecule has 0 spiro atoms. The van der Waals surface area contributed by atoms with Crippen molar-refractivity contribution in [2.24, 2.45) is 0 Å². The topological polar surface area (TPSA) is 3.24 Å². The Morgan fingerprint density at radius 3 is 1.36 bits per heavy atom. The highest BCUT2D eigenvalue weighted by molar-refractivity contribution is 4.61. The fraction of sp³-hybridized carbons (Fsp3) is 0.923. The van der Waals surface area contributed by atoms with Crippen LogP contribution in [0.1, 0.15) is 57.8 Å². The average Bonchev–Trinajstić information content (AvgIpc) is 2.19. The van der Waals surface area contributed by atoms with Crippen LogP contribution in [0.4, 0.5) is 0 Å². The van der Waals surface area contributed by atoms with Gasteiger partial charge in [-0.25, -0.2) is 0 Å². The summed E-state index contributed by atoms with van der Waals surface area (Å²) in [5.41, 5.74) is 0. The average molecular weight is 196 g/mol. The molecule has 0 atom stereocenters. The lowest BCUT2D eigenvalue weighted by Gasteiger charge is -2.20. The van der Waals surface area contributed by atoms with Gasteiger partial charge in [-0.1, -0.05) is 44.9 Å². The van der Waals surface area contributed by atoms with E-state index in [0.717, 1.165) is 6.54 Å². The molecule has 1 nitrogen and oxygen atoms in total. The van der Waals surface area contributed by atoms with Crippen molar-refractivity contribution >= 4 is 0 Å². The molecule has 0 unspecified atom stereocenters. The smallest absolute Gasteiger partial charge is 0.00183 e. The lowest BCUT2D eigenvalue weighted by atomic mass is 10.1. The van der Waals surface area contributed by atoms with Crippen LogP contribution < -0.4 is 0 Å². The Morgan fingerprint density at radius 2 is 1.00 bits per heavy atom. The lowest BCUT2D eigenvalue weighted by Crippen LogP contribution is -2.25. The Kier molecular flexibility index (Phi) is 7.12. The van der Waals surface area contributed by atoms with Crippen LogP contribution in [0.3, 0.4) is 0 Å². The van der Waals surface area contributed by atoms with Gasteiger partial charge in [0.25, 0.3) is 0 Å². The van der Waals surface area contributed by atoms with Gasteiger partial charge in [0.15, 0.2) is 0 Å². The highest BCUT2D eigenvalue weighted by Gasteiger charge is 2.02. The number of nitrogens with zero attached hydrogens (tertiary/aromatic N) is 1. The summed E-state index contributed by atoms with van der Waals surface area (Å²) < 4.78 is 0. The van der Waals surface area contributed by atoms with E-state index in [1.807, 2.05) is 0 Å². The van der Waals surface area contributed by atoms with E-state index in [1.165, 1.54) is 70.9 Å². The lowest BCUT2D eigenvalue weighted by molar-refractivity contribution is 0.282. The zero-order valence-electron chi connectivity index (χ0n) is 9.64. The molecule has 0 aromatic heterocycles. The molecule has 0 amide bonds. The number of hydrogen-bond donors (Lipinski definition) is 0. The Balaban J connectivity index is 2.17. The van der Waals surface area contributed by atoms with Crippen molar-refractivity contribution in [3.8, 4) is 0 Å². The first kappa shape index (κ1) is 12.0. The highest BCUT2D eigenvalue weighted by Crippen LogP contribution is 2.12. The van der Waals surface area contributed by atoms with Gasteiger partial charge in [-0.3, -0.25) is 0 Å². The van der Waals surface area contributed by atoms with Crippen LogP contribution in [0.25, 0.3) is 0 Å². The van der Waals surface area contributed by atoms with Gasteiger partial charge < -0.3 is 4.90 Å². The molecule has 1 heterocycles. The minimum absolute atomic E-state index is 1.00. The van der Waals surface area contributed by atoms with Crippen molar-refractivity contribution in [1.29, 1.82) is 0 Å². The third-order valence-electron chi connectivity index (χ3n) is 3.26. The van der Waals surface area contributed by atoms with Gasteiger partial charge in [0.05, 0.1) is 0 Å². The first-order valence-corrected chi connectivity index (χ1v) is 6.45. The molecule has 1 rings (SSSR count). The second-order valence-electron chi connectivity index (χ2n) is 4.52. The quantitative estimate of drug-likeness (QED) is 0.619. The third kappa shape index (κ3) is 5.64. The minimum Gasteiger partial charge on any atom is -0.303 e. The van der Waals surface area contributed by atoms with E-state index in [0.29, 0.717) is 0 Å². The Bertz CT molecular complexity index is 110. The van der Waals surface area contributed by atoms with Gasteiger partial charge in [0.1, 0.15) is 0 Å². The molecule has 0 aromatic rings. The molecule has 1 aliphatic heterocycles. The molecular formula is C13H26N. The Morgan fingerprint density at radius 1 is 0.643 bits per heavy atom. The number of hydrogen-bond acceptors (Lipinski definition) is 1. The molecule has 0 aliphatic carbocycles. The first-order valence-electron chi connectivity index (χ1n) is 6.45. The van der Waals surface area contributed by atoms with Crippen LogP contribution in [0.2, 0.25) is 0 Å². The van der Waals surface area contributed by atoms with Crippen molar-refractivity contribution in [1.82, 2.24) is 4.90 Å². The predicted octanol–water partition coefficient (Wildman–Crippen LogP) is 3.65. The molecule has 1 fully saturated rings. The van der Waals surface area contributed by atoms with Crippen LogP contribution in [-0.2, 0) is 0 Å². The van der Waals surface area contributed by atoms with Crippen molar-refractivity contribution in [3.05, 3.63) is 6.92 Å². The van der Waals surface area contributed by atoms with E-state index in [1.54, 1.807) is 0 Å². The molecule has 14 heavy (non-hydrogen) atoms. The summed E-state index contributed by atoms with van der Waals surface area (Å²) in [4.78, 5) is 2.52. The molecule has 1 aliphatic rings. The standard InChI is InChI=1S/C13H26N/c1-2-14-12-10-8-6-4-3-5-7-9-11-13-14/h1-13H2. The second-order valence-corrected chi connectivity index (χ2v) is 4.52. The van der Waals surface area contributed by atoms with Gasteiger partial charge in [0.2, 0.25) is 0 Å². The summed E-state index contributed by atoms with van der Waals surface area (Å²) in [7, 11) is 0. The third-order valence-corrected chi connectivity index (χ3v) is 3.26. The number of rotatable bonds is 1. The maximum absolute atomic E-state index is 4.00. The molecule has 0 saturated carbocycles. The summed E-state index contributed by atoms with van der Waals surface area (Å²) in [6.07, 6.45) is 12.9. The van der Waals surface area contributed by atoms with Gasteiger partial charge in [-0.2, -0.15) is 0 Å². The fourth-order valence-corrected chi connectivity index (χ4v) is 2.24.